The van der Waals surface area contributed by atoms with E-state index < -0.39 is 0 Å². The molecule has 0 bridgehead atoms. The number of benzene rings is 1. The first-order chi connectivity index (χ1) is 5.20. The Bertz CT molecular complexity index is 228. The zero-order chi connectivity index (χ0) is 8.27. The minimum atomic E-state index is 0.240. The zero-order valence-electron chi connectivity index (χ0n) is 7.22. The third-order valence-corrected chi connectivity index (χ3v) is 1.38. The van der Waals surface area contributed by atoms with Crippen molar-refractivity contribution in [2.24, 2.45) is 0 Å². The predicted molar refractivity (Wildman–Crippen MR) is 45.8 cm³/mol. The van der Waals surface area contributed by atoms with Crippen molar-refractivity contribution in [2.45, 2.75) is 26.9 Å². The number of rotatable bonds is 2. The lowest BCUT2D eigenvalue weighted by Gasteiger charge is -2.10. The van der Waals surface area contributed by atoms with E-state index in [0.717, 1.165) is 11.3 Å². The van der Waals surface area contributed by atoms with Crippen LogP contribution in [-0.4, -0.2) is 6.10 Å². The Morgan fingerprint density at radius 1 is 1.45 bits per heavy atom. The Balaban J connectivity index is 2.78. The maximum atomic E-state index is 5.51. The summed E-state index contributed by atoms with van der Waals surface area (Å²) in [5.41, 5.74) is 1.07. The van der Waals surface area contributed by atoms with Crippen LogP contribution >= 0.6 is 0 Å². The number of aryl methyl sites for hydroxylation is 1. The van der Waals surface area contributed by atoms with E-state index >= 15 is 0 Å². The maximum absolute atomic E-state index is 5.51. The lowest BCUT2D eigenvalue weighted by molar-refractivity contribution is 0.240. The molecule has 1 aromatic rings. The molecule has 1 rings (SSSR count). The Morgan fingerprint density at radius 3 is 2.73 bits per heavy atom. The second-order valence-corrected chi connectivity index (χ2v) is 2.83. The summed E-state index contributed by atoms with van der Waals surface area (Å²) in [6.45, 7) is 6.04. The Morgan fingerprint density at radius 2 is 2.18 bits per heavy atom. The van der Waals surface area contributed by atoms with Crippen molar-refractivity contribution >= 4 is 0 Å². The molecular weight excluding hydrogens is 136 g/mol. The van der Waals surface area contributed by atoms with E-state index in [9.17, 15) is 0 Å². The summed E-state index contributed by atoms with van der Waals surface area (Å²) >= 11 is 0. The summed E-state index contributed by atoms with van der Waals surface area (Å²) in [6.07, 6.45) is 0.240. The molecule has 1 radical (unpaired) electrons. The Kier molecular flexibility index (Phi) is 2.53. The van der Waals surface area contributed by atoms with E-state index in [-0.39, 0.29) is 6.10 Å². The molecule has 0 aliphatic carbocycles. The van der Waals surface area contributed by atoms with Crippen molar-refractivity contribution in [3.63, 3.8) is 0 Å². The number of hydrogen-bond acceptors (Lipinski definition) is 1. The van der Waals surface area contributed by atoms with Crippen LogP contribution in [0.4, 0.5) is 0 Å². The lowest BCUT2D eigenvalue weighted by Crippen LogP contribution is -2.06. The summed E-state index contributed by atoms with van der Waals surface area (Å²) in [5, 5.41) is 0. The molecule has 0 unspecified atom stereocenters. The molecule has 1 heteroatoms. The average molecular weight is 149 g/mol. The Hall–Kier alpha value is -0.980. The summed E-state index contributed by atoms with van der Waals surface area (Å²) in [5.74, 6) is 0.933. The molecule has 0 amide bonds. The molecule has 0 atom stereocenters. The summed E-state index contributed by atoms with van der Waals surface area (Å²) in [4.78, 5) is 0. The van der Waals surface area contributed by atoms with Crippen LogP contribution in [0.5, 0.6) is 5.75 Å². The highest BCUT2D eigenvalue weighted by atomic mass is 16.5. The van der Waals surface area contributed by atoms with Gasteiger partial charge in [0.15, 0.2) is 0 Å². The first-order valence-electron chi connectivity index (χ1n) is 3.84. The molecule has 11 heavy (non-hydrogen) atoms. The largest absolute Gasteiger partial charge is 0.491 e. The summed E-state index contributed by atoms with van der Waals surface area (Å²) in [7, 11) is 0. The van der Waals surface area contributed by atoms with Crippen molar-refractivity contribution in [2.75, 3.05) is 0 Å². The predicted octanol–water partition coefficient (Wildman–Crippen LogP) is 2.58. The molecule has 0 heterocycles. The van der Waals surface area contributed by atoms with Crippen LogP contribution in [0.2, 0.25) is 0 Å². The van der Waals surface area contributed by atoms with Crippen LogP contribution in [0.3, 0.4) is 0 Å². The zero-order valence-corrected chi connectivity index (χ0v) is 7.22. The van der Waals surface area contributed by atoms with E-state index in [1.807, 2.05) is 39.0 Å². The van der Waals surface area contributed by atoms with E-state index in [2.05, 4.69) is 6.07 Å². The van der Waals surface area contributed by atoms with Gasteiger partial charge in [0.2, 0.25) is 0 Å². The minimum absolute atomic E-state index is 0.240. The van der Waals surface area contributed by atoms with Crippen LogP contribution in [0.15, 0.2) is 18.2 Å². The highest BCUT2D eigenvalue weighted by Gasteiger charge is 1.98. The van der Waals surface area contributed by atoms with Gasteiger partial charge in [0.05, 0.1) is 6.10 Å². The van der Waals surface area contributed by atoms with Crippen molar-refractivity contribution in [3.05, 3.63) is 29.8 Å². The quantitative estimate of drug-likeness (QED) is 0.628. The van der Waals surface area contributed by atoms with Gasteiger partial charge in [-0.3, -0.25) is 0 Å². The second kappa shape index (κ2) is 3.42. The van der Waals surface area contributed by atoms with E-state index in [0.29, 0.717) is 0 Å². The second-order valence-electron chi connectivity index (χ2n) is 2.83. The van der Waals surface area contributed by atoms with Crippen molar-refractivity contribution < 1.29 is 4.74 Å². The van der Waals surface area contributed by atoms with Gasteiger partial charge in [-0.1, -0.05) is 12.1 Å². The van der Waals surface area contributed by atoms with E-state index in [1.165, 1.54) is 0 Å². The van der Waals surface area contributed by atoms with Gasteiger partial charge in [-0.25, -0.2) is 0 Å². The van der Waals surface area contributed by atoms with Gasteiger partial charge in [-0.05, 0) is 38.5 Å². The fourth-order valence-corrected chi connectivity index (χ4v) is 0.886. The third kappa shape index (κ3) is 2.26. The highest BCUT2D eigenvalue weighted by molar-refractivity contribution is 5.30. The van der Waals surface area contributed by atoms with Crippen LogP contribution in [-0.2, 0) is 0 Å². The molecule has 0 spiro atoms. The standard InChI is InChI=1S/C10H13O/c1-8(2)11-10-7-5-4-6-9(10)3/h4-5,7-8H,1-3H3. The summed E-state index contributed by atoms with van der Waals surface area (Å²) < 4.78 is 5.51. The van der Waals surface area contributed by atoms with E-state index in [1.54, 1.807) is 0 Å². The van der Waals surface area contributed by atoms with Gasteiger partial charge >= 0.3 is 0 Å². The van der Waals surface area contributed by atoms with Gasteiger partial charge in [0.1, 0.15) is 5.75 Å². The molecule has 0 aromatic heterocycles. The monoisotopic (exact) mass is 149 g/mol. The molecule has 0 aliphatic heterocycles. The van der Waals surface area contributed by atoms with Crippen LogP contribution in [0.25, 0.3) is 0 Å². The van der Waals surface area contributed by atoms with Gasteiger partial charge in [-0.15, -0.1) is 0 Å². The van der Waals surface area contributed by atoms with Gasteiger partial charge < -0.3 is 4.74 Å². The van der Waals surface area contributed by atoms with Gasteiger partial charge in [0, 0.05) is 0 Å². The average Bonchev–Trinajstić information content (AvgIpc) is 1.93. The molecule has 59 valence electrons. The number of ether oxygens (including phenoxy) is 1. The third-order valence-electron chi connectivity index (χ3n) is 1.38. The fraction of sp³-hybridized carbons (Fsp3) is 0.400. The van der Waals surface area contributed by atoms with Crippen molar-refractivity contribution in [1.82, 2.24) is 0 Å². The van der Waals surface area contributed by atoms with Crippen molar-refractivity contribution in [1.29, 1.82) is 0 Å². The minimum Gasteiger partial charge on any atom is -0.491 e. The Labute approximate surface area is 68.0 Å². The lowest BCUT2D eigenvalue weighted by atomic mass is 10.2. The van der Waals surface area contributed by atoms with Crippen molar-refractivity contribution in [3.8, 4) is 5.75 Å². The molecule has 0 saturated carbocycles. The molecule has 0 fully saturated rings. The molecule has 0 saturated heterocycles. The number of hydrogen-bond donors (Lipinski definition) is 0. The molecule has 0 N–H and O–H groups in total. The molecule has 0 aliphatic rings. The normalized spacial score (nSPS) is 10.2. The SMILES string of the molecule is Cc1[c]cccc1OC(C)C. The maximum Gasteiger partial charge on any atom is 0.123 e. The van der Waals surface area contributed by atoms with Gasteiger partial charge in [-0.2, -0.15) is 0 Å². The first-order valence-corrected chi connectivity index (χ1v) is 3.84. The van der Waals surface area contributed by atoms with Crippen LogP contribution in [0, 0.1) is 13.0 Å². The van der Waals surface area contributed by atoms with E-state index in [4.69, 9.17) is 4.74 Å². The van der Waals surface area contributed by atoms with Gasteiger partial charge in [0.25, 0.3) is 0 Å². The highest BCUT2D eigenvalue weighted by Crippen LogP contribution is 2.16. The first kappa shape index (κ1) is 8.12. The smallest absolute Gasteiger partial charge is 0.123 e. The van der Waals surface area contributed by atoms with Crippen LogP contribution in [0.1, 0.15) is 19.4 Å². The summed E-state index contributed by atoms with van der Waals surface area (Å²) in [6, 6.07) is 8.87. The fourth-order valence-electron chi connectivity index (χ4n) is 0.886. The molecule has 1 aromatic carbocycles. The molecule has 1 nitrogen and oxygen atoms in total. The topological polar surface area (TPSA) is 9.23 Å². The van der Waals surface area contributed by atoms with Crippen LogP contribution < -0.4 is 4.74 Å². The molecular formula is C10H13O.